The maximum absolute atomic E-state index is 11.9. The van der Waals surface area contributed by atoms with Crippen LogP contribution in [0.15, 0.2) is 12.1 Å². The van der Waals surface area contributed by atoms with Crippen LogP contribution in [0.3, 0.4) is 0 Å². The van der Waals surface area contributed by atoms with Gasteiger partial charge in [0.15, 0.2) is 0 Å². The smallest absolute Gasteiger partial charge is 0.388 e. The van der Waals surface area contributed by atoms with E-state index in [0.717, 1.165) is 6.07 Å². The topological polar surface area (TPSA) is 45.9 Å². The van der Waals surface area contributed by atoms with Crippen molar-refractivity contribution in [3.63, 3.8) is 0 Å². The molecule has 0 saturated carbocycles. The van der Waals surface area contributed by atoms with Gasteiger partial charge in [0, 0.05) is 6.07 Å². The molecule has 15 heavy (non-hydrogen) atoms. The van der Waals surface area contributed by atoms with Gasteiger partial charge in [-0.1, -0.05) is 0 Å². The van der Waals surface area contributed by atoms with Crippen LogP contribution in [0, 0.1) is 18.3 Å². The third-order valence-electron chi connectivity index (χ3n) is 1.48. The summed E-state index contributed by atoms with van der Waals surface area (Å²) in [5, 5.41) is 8.38. The molecular formula is C9H7F3N2O. The lowest BCUT2D eigenvalue weighted by atomic mass is 10.2. The van der Waals surface area contributed by atoms with Crippen LogP contribution < -0.4 is 4.74 Å². The van der Waals surface area contributed by atoms with Crippen molar-refractivity contribution in [1.82, 2.24) is 4.98 Å². The number of aromatic nitrogens is 1. The number of pyridine rings is 1. The standard InChI is InChI=1S/C9H7F3N2O/c1-6-4-7(2-3-13)14-8(5-6)15-9(10,11)12/h4-5H,2H2,1H3. The molecular weight excluding hydrogens is 209 g/mol. The van der Waals surface area contributed by atoms with Crippen molar-refractivity contribution < 1.29 is 17.9 Å². The van der Waals surface area contributed by atoms with E-state index < -0.39 is 12.2 Å². The highest BCUT2D eigenvalue weighted by Gasteiger charge is 2.31. The monoisotopic (exact) mass is 216 g/mol. The van der Waals surface area contributed by atoms with Crippen molar-refractivity contribution in [3.05, 3.63) is 23.4 Å². The van der Waals surface area contributed by atoms with Gasteiger partial charge in [0.1, 0.15) is 0 Å². The van der Waals surface area contributed by atoms with E-state index in [4.69, 9.17) is 5.26 Å². The summed E-state index contributed by atoms with van der Waals surface area (Å²) in [7, 11) is 0. The first kappa shape index (κ1) is 11.3. The highest BCUT2D eigenvalue weighted by Crippen LogP contribution is 2.22. The summed E-state index contributed by atoms with van der Waals surface area (Å²) in [5.41, 5.74) is 0.825. The third kappa shape index (κ3) is 3.85. The first-order valence-electron chi connectivity index (χ1n) is 4.01. The Balaban J connectivity index is 2.95. The zero-order valence-corrected chi connectivity index (χ0v) is 7.80. The fourth-order valence-corrected chi connectivity index (χ4v) is 1.05. The molecule has 0 amide bonds. The number of halogens is 3. The van der Waals surface area contributed by atoms with Crippen molar-refractivity contribution >= 4 is 0 Å². The third-order valence-corrected chi connectivity index (χ3v) is 1.48. The predicted molar refractivity (Wildman–Crippen MR) is 45.0 cm³/mol. The summed E-state index contributed by atoms with van der Waals surface area (Å²) >= 11 is 0. The van der Waals surface area contributed by atoms with Gasteiger partial charge < -0.3 is 4.74 Å². The molecule has 0 unspecified atom stereocenters. The number of nitrogens with zero attached hydrogens (tertiary/aromatic N) is 2. The first-order chi connectivity index (χ1) is 6.90. The number of aryl methyl sites for hydroxylation is 1. The second-order valence-electron chi connectivity index (χ2n) is 2.86. The Morgan fingerprint density at radius 3 is 2.67 bits per heavy atom. The Kier molecular flexibility index (Phi) is 3.14. The summed E-state index contributed by atoms with van der Waals surface area (Å²) in [6, 6.07) is 4.50. The molecule has 3 nitrogen and oxygen atoms in total. The molecule has 1 aromatic rings. The first-order valence-corrected chi connectivity index (χ1v) is 4.01. The Bertz CT molecular complexity index is 395. The van der Waals surface area contributed by atoms with E-state index >= 15 is 0 Å². The number of hydrogen-bond donors (Lipinski definition) is 0. The molecule has 6 heteroatoms. The Morgan fingerprint density at radius 1 is 1.47 bits per heavy atom. The zero-order chi connectivity index (χ0) is 11.5. The highest BCUT2D eigenvalue weighted by atomic mass is 19.4. The molecule has 80 valence electrons. The molecule has 0 aliphatic rings. The van der Waals surface area contributed by atoms with Crippen molar-refractivity contribution in [2.75, 3.05) is 0 Å². The molecule has 0 atom stereocenters. The Morgan fingerprint density at radius 2 is 2.13 bits per heavy atom. The van der Waals surface area contributed by atoms with Gasteiger partial charge in [-0.05, 0) is 18.6 Å². The maximum atomic E-state index is 11.9. The van der Waals surface area contributed by atoms with Gasteiger partial charge in [-0.15, -0.1) is 13.2 Å². The molecule has 0 aliphatic heterocycles. The maximum Gasteiger partial charge on any atom is 0.574 e. The quantitative estimate of drug-likeness (QED) is 0.762. The van der Waals surface area contributed by atoms with Crippen LogP contribution in [0.5, 0.6) is 5.88 Å². The van der Waals surface area contributed by atoms with Crippen molar-refractivity contribution in [3.8, 4) is 11.9 Å². The van der Waals surface area contributed by atoms with Crippen LogP contribution in [-0.4, -0.2) is 11.3 Å². The minimum atomic E-state index is -4.76. The molecule has 0 aliphatic carbocycles. The summed E-state index contributed by atoms with van der Waals surface area (Å²) in [4.78, 5) is 3.54. The van der Waals surface area contributed by atoms with E-state index in [1.165, 1.54) is 6.07 Å². The van der Waals surface area contributed by atoms with E-state index in [0.29, 0.717) is 5.56 Å². The second-order valence-corrected chi connectivity index (χ2v) is 2.86. The minimum Gasteiger partial charge on any atom is -0.388 e. The molecule has 0 fully saturated rings. The van der Waals surface area contributed by atoms with Gasteiger partial charge in [-0.25, -0.2) is 4.98 Å². The van der Waals surface area contributed by atoms with Crippen LogP contribution >= 0.6 is 0 Å². The van der Waals surface area contributed by atoms with Crippen LogP contribution in [0.2, 0.25) is 0 Å². The van der Waals surface area contributed by atoms with E-state index in [-0.39, 0.29) is 12.1 Å². The van der Waals surface area contributed by atoms with E-state index in [2.05, 4.69) is 9.72 Å². The lowest BCUT2D eigenvalue weighted by molar-refractivity contribution is -0.276. The van der Waals surface area contributed by atoms with Gasteiger partial charge in [-0.2, -0.15) is 5.26 Å². The number of alkyl halides is 3. The van der Waals surface area contributed by atoms with Crippen molar-refractivity contribution in [1.29, 1.82) is 5.26 Å². The molecule has 0 aromatic carbocycles. The van der Waals surface area contributed by atoms with Crippen LogP contribution in [0.1, 0.15) is 11.3 Å². The van der Waals surface area contributed by atoms with Crippen molar-refractivity contribution in [2.24, 2.45) is 0 Å². The van der Waals surface area contributed by atoms with Gasteiger partial charge >= 0.3 is 6.36 Å². The summed E-state index contributed by atoms with van der Waals surface area (Å²) < 4.78 is 39.2. The molecule has 1 heterocycles. The second kappa shape index (κ2) is 4.17. The van der Waals surface area contributed by atoms with Gasteiger partial charge in [0.05, 0.1) is 18.2 Å². The number of ether oxygens (including phenoxy) is 1. The molecule has 1 rings (SSSR count). The van der Waals surface area contributed by atoms with Crippen molar-refractivity contribution in [2.45, 2.75) is 19.7 Å². The average molecular weight is 216 g/mol. The average Bonchev–Trinajstić information content (AvgIpc) is 1.99. The summed E-state index contributed by atoms with van der Waals surface area (Å²) in [6.07, 6.45) is -4.80. The number of nitriles is 1. The number of rotatable bonds is 2. The van der Waals surface area contributed by atoms with Gasteiger partial charge in [-0.3, -0.25) is 0 Å². The molecule has 0 N–H and O–H groups in total. The summed E-state index contributed by atoms with van der Waals surface area (Å²) in [6.45, 7) is 1.60. The lowest BCUT2D eigenvalue weighted by Crippen LogP contribution is -2.18. The SMILES string of the molecule is Cc1cc(CC#N)nc(OC(F)(F)F)c1. The van der Waals surface area contributed by atoms with Crippen LogP contribution in [0.25, 0.3) is 0 Å². The minimum absolute atomic E-state index is 0.0457. The van der Waals surface area contributed by atoms with E-state index in [1.54, 1.807) is 13.0 Å². The normalized spacial score (nSPS) is 10.9. The largest absolute Gasteiger partial charge is 0.574 e. The Labute approximate surface area is 84.1 Å². The number of hydrogen-bond acceptors (Lipinski definition) is 3. The van der Waals surface area contributed by atoms with E-state index in [1.807, 2.05) is 0 Å². The molecule has 0 saturated heterocycles. The van der Waals surface area contributed by atoms with Gasteiger partial charge in [0.25, 0.3) is 0 Å². The molecule has 0 spiro atoms. The Hall–Kier alpha value is -1.77. The molecule has 0 radical (unpaired) electrons. The summed E-state index contributed by atoms with van der Waals surface area (Å²) in [5.74, 6) is -0.534. The van der Waals surface area contributed by atoms with E-state index in [9.17, 15) is 13.2 Å². The molecule has 0 bridgehead atoms. The fraction of sp³-hybridized carbons (Fsp3) is 0.333. The van der Waals surface area contributed by atoms with Crippen LogP contribution in [-0.2, 0) is 6.42 Å². The predicted octanol–water partition coefficient (Wildman–Crippen LogP) is 2.35. The zero-order valence-electron chi connectivity index (χ0n) is 7.80. The lowest BCUT2D eigenvalue weighted by Gasteiger charge is -2.09. The highest BCUT2D eigenvalue weighted by molar-refractivity contribution is 5.25. The fourth-order valence-electron chi connectivity index (χ4n) is 1.05. The molecule has 1 aromatic heterocycles. The van der Waals surface area contributed by atoms with Gasteiger partial charge in [0.2, 0.25) is 5.88 Å². The van der Waals surface area contributed by atoms with Crippen LogP contribution in [0.4, 0.5) is 13.2 Å².